The molecule has 0 radical (unpaired) electrons. The highest BCUT2D eigenvalue weighted by Gasteiger charge is 2.36. The van der Waals surface area contributed by atoms with Gasteiger partial charge >= 0.3 is 0 Å². The van der Waals surface area contributed by atoms with E-state index in [0.717, 1.165) is 33.6 Å². The molecule has 2 aliphatic rings. The van der Waals surface area contributed by atoms with Gasteiger partial charge in [0.1, 0.15) is 11.6 Å². The van der Waals surface area contributed by atoms with E-state index in [1.165, 1.54) is 72.2 Å². The summed E-state index contributed by atoms with van der Waals surface area (Å²) in [5, 5.41) is 3.64. The van der Waals surface area contributed by atoms with E-state index < -0.39 is 0 Å². The van der Waals surface area contributed by atoms with E-state index in [2.05, 4.69) is 143 Å². The van der Waals surface area contributed by atoms with Crippen LogP contribution in [0.4, 0.5) is 25.8 Å². The number of halogens is 3. The molecule has 0 aliphatic heterocycles. The van der Waals surface area contributed by atoms with Crippen LogP contribution in [0.15, 0.2) is 162 Å². The first kappa shape index (κ1) is 45.7. The summed E-state index contributed by atoms with van der Waals surface area (Å²) in [7, 11) is 0. The summed E-state index contributed by atoms with van der Waals surface area (Å²) in [6, 6.07) is 51.8. The standard InChI is InChI=1S/C29H26FN.C16H15Br.C13H12FN.CH4/c1-18-13-14-20(21-9-6-8-12-26(21)30)16-27(18)31-28-17-23-22-10-5-7-11-24(22)29(3,4)25(23)15-19(28)2;1-10-8-14-12(9-15(10)17)11-6-4-5-7-13(11)16(14,2)3;1-9-6-7-10(8-13(9)15)11-4-2-3-5-12(11)14;/h5-17,31H,1-4H3;4-9H,1-3H3;2-8H,15H2,1H3;1H4. The Hall–Kier alpha value is -6.30. The molecule has 0 unspecified atom stereocenters. The second-order valence-corrected chi connectivity index (χ2v) is 18.7. The van der Waals surface area contributed by atoms with Gasteiger partial charge in [0.05, 0.1) is 0 Å². The van der Waals surface area contributed by atoms with Crippen molar-refractivity contribution in [3.63, 3.8) is 0 Å². The van der Waals surface area contributed by atoms with Gasteiger partial charge in [-0.1, -0.05) is 172 Å². The van der Waals surface area contributed by atoms with Crippen LogP contribution in [0.5, 0.6) is 0 Å². The van der Waals surface area contributed by atoms with E-state index in [9.17, 15) is 8.78 Å². The van der Waals surface area contributed by atoms with Gasteiger partial charge in [0, 0.05) is 43.5 Å². The number of aryl methyl sites for hydroxylation is 4. The van der Waals surface area contributed by atoms with Gasteiger partial charge in [0.25, 0.3) is 0 Å². The van der Waals surface area contributed by atoms with Crippen molar-refractivity contribution < 1.29 is 8.78 Å². The number of anilines is 3. The van der Waals surface area contributed by atoms with Crippen LogP contribution in [0.2, 0.25) is 0 Å². The summed E-state index contributed by atoms with van der Waals surface area (Å²) in [4.78, 5) is 0. The first-order valence-corrected chi connectivity index (χ1v) is 22.2. The molecule has 0 amide bonds. The topological polar surface area (TPSA) is 38.0 Å². The van der Waals surface area contributed by atoms with E-state index in [1.54, 1.807) is 24.3 Å². The molecule has 0 fully saturated rings. The van der Waals surface area contributed by atoms with E-state index in [1.807, 2.05) is 55.5 Å². The summed E-state index contributed by atoms with van der Waals surface area (Å²) < 4.78 is 29.0. The zero-order valence-corrected chi connectivity index (χ0v) is 38.8. The lowest BCUT2D eigenvalue weighted by Crippen LogP contribution is -2.15. The molecule has 324 valence electrons. The first-order chi connectivity index (χ1) is 30.1. The van der Waals surface area contributed by atoms with Crippen molar-refractivity contribution in [3.8, 4) is 44.5 Å². The number of hydrogen-bond donors (Lipinski definition) is 2. The Morgan fingerprint density at radius 3 is 1.36 bits per heavy atom. The van der Waals surface area contributed by atoms with Crippen LogP contribution < -0.4 is 11.1 Å². The van der Waals surface area contributed by atoms with Crippen LogP contribution in [-0.2, 0) is 10.8 Å². The lowest BCUT2D eigenvalue weighted by molar-refractivity contribution is 0.631. The van der Waals surface area contributed by atoms with E-state index in [-0.39, 0.29) is 29.9 Å². The molecule has 2 aliphatic carbocycles. The van der Waals surface area contributed by atoms with Crippen molar-refractivity contribution in [2.45, 2.75) is 73.6 Å². The van der Waals surface area contributed by atoms with Gasteiger partial charge in [0.2, 0.25) is 0 Å². The predicted molar refractivity (Wildman–Crippen MR) is 273 cm³/mol. The van der Waals surface area contributed by atoms with Crippen LogP contribution in [0, 0.1) is 39.3 Å². The minimum Gasteiger partial charge on any atom is -0.398 e. The van der Waals surface area contributed by atoms with Crippen molar-refractivity contribution in [1.82, 2.24) is 0 Å². The van der Waals surface area contributed by atoms with Crippen LogP contribution in [0.3, 0.4) is 0 Å². The van der Waals surface area contributed by atoms with E-state index in [4.69, 9.17) is 5.73 Å². The number of hydrogen-bond acceptors (Lipinski definition) is 2. The molecule has 5 heteroatoms. The molecule has 0 spiro atoms. The fourth-order valence-corrected chi connectivity index (χ4v) is 9.43. The molecule has 0 atom stereocenters. The maximum Gasteiger partial charge on any atom is 0.131 e. The van der Waals surface area contributed by atoms with Crippen molar-refractivity contribution in [2.24, 2.45) is 0 Å². The third-order valence-corrected chi connectivity index (χ3v) is 13.8. The Balaban J connectivity index is 0.000000157. The number of nitrogens with two attached hydrogens (primary N) is 1. The van der Waals surface area contributed by atoms with Gasteiger partial charge in [-0.2, -0.15) is 0 Å². The first-order valence-electron chi connectivity index (χ1n) is 21.5. The van der Waals surface area contributed by atoms with Crippen LogP contribution >= 0.6 is 15.9 Å². The monoisotopic (exact) mass is 910 g/mol. The van der Waals surface area contributed by atoms with Gasteiger partial charge in [-0.05, 0) is 142 Å². The van der Waals surface area contributed by atoms with Gasteiger partial charge < -0.3 is 11.1 Å². The van der Waals surface area contributed by atoms with Crippen molar-refractivity contribution in [3.05, 3.63) is 218 Å². The number of fused-ring (bicyclic) bond motifs is 6. The molecule has 0 saturated carbocycles. The minimum atomic E-state index is -0.222. The minimum absolute atomic E-state index is 0. The van der Waals surface area contributed by atoms with Crippen LogP contribution in [-0.4, -0.2) is 0 Å². The van der Waals surface area contributed by atoms with Gasteiger partial charge in [-0.3, -0.25) is 0 Å². The number of nitrogens with one attached hydrogen (secondary N) is 1. The maximum atomic E-state index is 14.3. The fourth-order valence-electron chi connectivity index (χ4n) is 9.09. The largest absolute Gasteiger partial charge is 0.398 e. The molecule has 8 aromatic rings. The summed E-state index contributed by atoms with van der Waals surface area (Å²) in [5.74, 6) is -0.425. The SMILES string of the molecule is C.Cc1cc2c(cc1Br)-c1ccccc1C2(C)C.Cc1ccc(-c2ccccc2F)cc1N.Cc1ccc(-c2ccccc2F)cc1Nc1cc2c(cc1C)C(C)(C)c1ccccc1-2. The Morgan fingerprint density at radius 1 is 0.422 bits per heavy atom. The number of nitrogen functional groups attached to an aromatic ring is 1. The van der Waals surface area contributed by atoms with Gasteiger partial charge in [-0.25, -0.2) is 8.78 Å². The third kappa shape index (κ3) is 8.54. The summed E-state index contributed by atoms with van der Waals surface area (Å²) in [6.45, 7) is 17.5. The second-order valence-electron chi connectivity index (χ2n) is 17.9. The van der Waals surface area contributed by atoms with Crippen LogP contribution in [0.1, 0.15) is 79.6 Å². The summed E-state index contributed by atoms with van der Waals surface area (Å²) in [6.07, 6.45) is 0. The smallest absolute Gasteiger partial charge is 0.131 e. The van der Waals surface area contributed by atoms with Crippen molar-refractivity contribution in [1.29, 1.82) is 0 Å². The number of benzene rings is 8. The average molecular weight is 912 g/mol. The Bertz CT molecular complexity index is 3030. The second kappa shape index (κ2) is 18.1. The molecule has 0 saturated heterocycles. The predicted octanol–water partition coefficient (Wildman–Crippen LogP) is 17.2. The Morgan fingerprint density at radius 2 is 0.844 bits per heavy atom. The lowest BCUT2D eigenvalue weighted by Gasteiger charge is -2.22. The molecule has 2 nitrogen and oxygen atoms in total. The summed E-state index contributed by atoms with van der Waals surface area (Å²) >= 11 is 3.64. The molecule has 10 rings (SSSR count). The molecule has 3 N–H and O–H groups in total. The summed E-state index contributed by atoms with van der Waals surface area (Å²) in [5.41, 5.74) is 27.2. The fraction of sp³-hybridized carbons (Fsp3) is 0.186. The van der Waals surface area contributed by atoms with E-state index >= 15 is 0 Å². The quantitative estimate of drug-likeness (QED) is 0.173. The molecule has 8 aromatic carbocycles. The molecular formula is C59H57BrF2N2. The number of rotatable bonds is 4. The lowest BCUT2D eigenvalue weighted by atomic mass is 9.82. The highest BCUT2D eigenvalue weighted by atomic mass is 79.9. The van der Waals surface area contributed by atoms with Gasteiger partial charge in [-0.15, -0.1) is 0 Å². The van der Waals surface area contributed by atoms with Crippen molar-refractivity contribution in [2.75, 3.05) is 11.1 Å². The molecule has 0 bridgehead atoms. The average Bonchev–Trinajstić information content (AvgIpc) is 3.62. The normalized spacial score (nSPS) is 13.1. The van der Waals surface area contributed by atoms with Gasteiger partial charge in [0.15, 0.2) is 0 Å². The zero-order valence-electron chi connectivity index (χ0n) is 37.2. The maximum absolute atomic E-state index is 14.3. The molecule has 0 heterocycles. The highest BCUT2D eigenvalue weighted by molar-refractivity contribution is 9.10. The highest BCUT2D eigenvalue weighted by Crippen LogP contribution is 2.51. The zero-order chi connectivity index (χ0) is 44.8. The van der Waals surface area contributed by atoms with Crippen molar-refractivity contribution >= 4 is 33.0 Å². The Labute approximate surface area is 387 Å². The Kier molecular flexibility index (Phi) is 12.9. The molecule has 64 heavy (non-hydrogen) atoms. The van der Waals surface area contributed by atoms with E-state index in [0.29, 0.717) is 16.8 Å². The molecule has 0 aromatic heterocycles. The van der Waals surface area contributed by atoms with Crippen LogP contribution in [0.25, 0.3) is 44.5 Å². The third-order valence-electron chi connectivity index (χ3n) is 12.9. The molecular weight excluding hydrogens is 855 g/mol.